The maximum absolute atomic E-state index is 13.1. The number of benzene rings is 1. The van der Waals surface area contributed by atoms with E-state index in [4.69, 9.17) is 0 Å². The maximum Gasteiger partial charge on any atom is 0.319 e. The molecule has 0 radical (unpaired) electrons. The van der Waals surface area contributed by atoms with Crippen LogP contribution in [0.25, 0.3) is 6.08 Å². The first-order chi connectivity index (χ1) is 11.8. The van der Waals surface area contributed by atoms with Gasteiger partial charge in [0.1, 0.15) is 4.83 Å². The van der Waals surface area contributed by atoms with Crippen molar-refractivity contribution in [3.8, 4) is 0 Å². The molecule has 0 saturated carbocycles. The van der Waals surface area contributed by atoms with E-state index in [0.717, 1.165) is 12.1 Å². The van der Waals surface area contributed by atoms with Crippen molar-refractivity contribution in [1.29, 1.82) is 0 Å². The molecule has 1 aromatic carbocycles. The van der Waals surface area contributed by atoms with Gasteiger partial charge in [0.05, 0.1) is 7.11 Å². The number of nitrogens with zero attached hydrogens (tertiary/aromatic N) is 1. The minimum atomic E-state index is -1.54. The third-order valence-electron chi connectivity index (χ3n) is 4.12. The van der Waals surface area contributed by atoms with Gasteiger partial charge in [0.25, 0.3) is 0 Å². The normalized spacial score (nSPS) is 16.9. The zero-order valence-electron chi connectivity index (χ0n) is 13.5. The molecule has 0 bridgehead atoms. The first-order valence-corrected chi connectivity index (χ1v) is 8.58. The van der Waals surface area contributed by atoms with E-state index >= 15 is 0 Å². The van der Waals surface area contributed by atoms with E-state index < -0.39 is 22.3 Å². The summed E-state index contributed by atoms with van der Waals surface area (Å²) in [7, 11) is 1.32. The highest BCUT2D eigenvalue weighted by Crippen LogP contribution is 2.26. The molecule has 1 amide bonds. The number of halogens is 4. The van der Waals surface area contributed by atoms with Crippen molar-refractivity contribution in [2.45, 2.75) is 17.7 Å². The predicted octanol–water partition coefficient (Wildman–Crippen LogP) is 3.29. The molecule has 1 saturated heterocycles. The molecule has 1 heterocycles. The number of carbonyl (C=O) groups excluding carboxylic acids is 2. The van der Waals surface area contributed by atoms with Crippen molar-refractivity contribution in [1.82, 2.24) is 4.90 Å². The lowest BCUT2D eigenvalue weighted by atomic mass is 9.93. The number of hydrogen-bond donors (Lipinski definition) is 0. The third-order valence-corrected chi connectivity index (χ3v) is 5.24. The smallest absolute Gasteiger partial charge is 0.319 e. The topological polar surface area (TPSA) is 46.6 Å². The zero-order valence-corrected chi connectivity index (χ0v) is 15.1. The second-order valence-corrected chi connectivity index (χ2v) is 6.71. The Kier molecular flexibility index (Phi) is 6.64. The highest BCUT2D eigenvalue weighted by atomic mass is 79.9. The number of likely N-dealkylation sites (tertiary alicyclic amines) is 1. The summed E-state index contributed by atoms with van der Waals surface area (Å²) in [5.74, 6) is -4.74. The van der Waals surface area contributed by atoms with Gasteiger partial charge in [-0.25, -0.2) is 13.2 Å². The summed E-state index contributed by atoms with van der Waals surface area (Å²) >= 11 is 3.31. The predicted molar refractivity (Wildman–Crippen MR) is 89.4 cm³/mol. The molecule has 0 spiro atoms. The van der Waals surface area contributed by atoms with E-state index in [1.54, 1.807) is 4.90 Å². The molecule has 0 aromatic heterocycles. The highest BCUT2D eigenvalue weighted by Gasteiger charge is 2.31. The van der Waals surface area contributed by atoms with E-state index in [1.165, 1.54) is 19.3 Å². The highest BCUT2D eigenvalue weighted by molar-refractivity contribution is 9.10. The number of carbonyl (C=O) groups is 2. The molecular formula is C17H17BrF3NO3. The van der Waals surface area contributed by atoms with Crippen LogP contribution in [-0.2, 0) is 14.3 Å². The van der Waals surface area contributed by atoms with E-state index in [9.17, 15) is 22.8 Å². The van der Waals surface area contributed by atoms with Crippen LogP contribution in [0.1, 0.15) is 18.4 Å². The van der Waals surface area contributed by atoms with Crippen LogP contribution in [0, 0.1) is 23.4 Å². The van der Waals surface area contributed by atoms with Crippen LogP contribution in [0.4, 0.5) is 13.2 Å². The summed E-state index contributed by atoms with van der Waals surface area (Å²) in [6, 6.07) is 1.64. The van der Waals surface area contributed by atoms with Gasteiger partial charge in [0.15, 0.2) is 17.5 Å². The van der Waals surface area contributed by atoms with Gasteiger partial charge >= 0.3 is 5.97 Å². The molecule has 1 aliphatic heterocycles. The molecule has 136 valence electrons. The molecule has 8 heteroatoms. The van der Waals surface area contributed by atoms with Crippen LogP contribution < -0.4 is 0 Å². The van der Waals surface area contributed by atoms with E-state index in [0.29, 0.717) is 25.9 Å². The number of piperidine rings is 1. The van der Waals surface area contributed by atoms with Crippen molar-refractivity contribution in [3.63, 3.8) is 0 Å². The van der Waals surface area contributed by atoms with Crippen molar-refractivity contribution >= 4 is 33.9 Å². The van der Waals surface area contributed by atoms with Crippen LogP contribution in [0.5, 0.6) is 0 Å². The molecule has 25 heavy (non-hydrogen) atoms. The van der Waals surface area contributed by atoms with Crippen LogP contribution in [-0.4, -0.2) is 41.8 Å². The fourth-order valence-corrected chi connectivity index (χ4v) is 3.38. The average molecular weight is 420 g/mol. The fraction of sp³-hybridized carbons (Fsp3) is 0.412. The first-order valence-electron chi connectivity index (χ1n) is 7.67. The van der Waals surface area contributed by atoms with Gasteiger partial charge in [-0.2, -0.15) is 0 Å². The summed E-state index contributed by atoms with van der Waals surface area (Å²) in [6.07, 6.45) is 3.69. The number of amides is 1. The van der Waals surface area contributed by atoms with Gasteiger partial charge in [0, 0.05) is 19.2 Å². The third kappa shape index (κ3) is 4.84. The maximum atomic E-state index is 13.1. The zero-order chi connectivity index (χ0) is 18.6. The van der Waals surface area contributed by atoms with E-state index in [-0.39, 0.29) is 23.4 Å². The Morgan fingerprint density at radius 3 is 2.32 bits per heavy atom. The fourth-order valence-electron chi connectivity index (χ4n) is 2.66. The lowest BCUT2D eigenvalue weighted by Crippen LogP contribution is -2.41. The molecule has 1 aromatic rings. The van der Waals surface area contributed by atoms with Gasteiger partial charge in [-0.05, 0) is 42.5 Å². The number of rotatable bonds is 4. The standard InChI is InChI=1S/C17H17BrF3NO3/c1-25-17(24)15(18)11-4-6-22(7-5-11)14(23)3-2-10-8-12(19)16(21)13(20)9-10/h2-3,8-9,11,15H,4-7H2,1H3. The lowest BCUT2D eigenvalue weighted by Gasteiger charge is -2.32. The molecule has 4 nitrogen and oxygen atoms in total. The number of hydrogen-bond acceptors (Lipinski definition) is 3. The lowest BCUT2D eigenvalue weighted by molar-refractivity contribution is -0.141. The van der Waals surface area contributed by atoms with Crippen LogP contribution in [0.2, 0.25) is 0 Å². The molecule has 2 rings (SSSR count). The molecular weight excluding hydrogens is 403 g/mol. The average Bonchev–Trinajstić information content (AvgIpc) is 2.62. The number of esters is 1. The number of alkyl halides is 1. The van der Waals surface area contributed by atoms with Crippen molar-refractivity contribution in [3.05, 3.63) is 41.2 Å². The number of methoxy groups -OCH3 is 1. The van der Waals surface area contributed by atoms with Gasteiger partial charge in [-0.15, -0.1) is 0 Å². The van der Waals surface area contributed by atoms with Gasteiger partial charge in [0.2, 0.25) is 5.91 Å². The van der Waals surface area contributed by atoms with Crippen LogP contribution in [0.3, 0.4) is 0 Å². The summed E-state index contributed by atoms with van der Waals surface area (Å²) < 4.78 is 43.9. The van der Waals surface area contributed by atoms with Gasteiger partial charge < -0.3 is 9.64 Å². The quantitative estimate of drug-likeness (QED) is 0.325. The van der Waals surface area contributed by atoms with Crippen molar-refractivity contribution in [2.75, 3.05) is 20.2 Å². The minimum absolute atomic E-state index is 0.0610. The molecule has 1 aliphatic rings. The molecule has 1 unspecified atom stereocenters. The Morgan fingerprint density at radius 2 is 1.80 bits per heavy atom. The molecule has 0 N–H and O–H groups in total. The molecule has 0 aliphatic carbocycles. The summed E-state index contributed by atoms with van der Waals surface area (Å²) in [4.78, 5) is 24.8. The van der Waals surface area contributed by atoms with E-state index in [1.807, 2.05) is 0 Å². The number of ether oxygens (including phenoxy) is 1. The Bertz CT molecular complexity index is 665. The monoisotopic (exact) mass is 419 g/mol. The SMILES string of the molecule is COC(=O)C(Br)C1CCN(C(=O)C=Cc2cc(F)c(F)c(F)c2)CC1. The largest absolute Gasteiger partial charge is 0.468 e. The Morgan fingerprint density at radius 1 is 1.24 bits per heavy atom. The van der Waals surface area contributed by atoms with Crippen LogP contribution in [0.15, 0.2) is 18.2 Å². The molecule has 1 atom stereocenters. The summed E-state index contributed by atoms with van der Waals surface area (Å²) in [5.41, 5.74) is 0.0610. The molecule has 1 fully saturated rings. The Balaban J connectivity index is 1.94. The van der Waals surface area contributed by atoms with Gasteiger partial charge in [-0.1, -0.05) is 15.9 Å². The Hall–Kier alpha value is -1.83. The second-order valence-electron chi connectivity index (χ2n) is 5.72. The van der Waals surface area contributed by atoms with Crippen LogP contribution >= 0.6 is 15.9 Å². The van der Waals surface area contributed by atoms with Crippen molar-refractivity contribution in [2.24, 2.45) is 5.92 Å². The Labute approximate surface area is 151 Å². The minimum Gasteiger partial charge on any atom is -0.468 e. The van der Waals surface area contributed by atoms with E-state index in [2.05, 4.69) is 20.7 Å². The first kappa shape index (κ1) is 19.5. The summed E-state index contributed by atoms with van der Waals surface area (Å²) in [6.45, 7) is 0.915. The summed E-state index contributed by atoms with van der Waals surface area (Å²) in [5, 5.41) is 0. The van der Waals surface area contributed by atoms with Crippen molar-refractivity contribution < 1.29 is 27.5 Å². The van der Waals surface area contributed by atoms with Gasteiger partial charge in [-0.3, -0.25) is 9.59 Å². The second kappa shape index (κ2) is 8.51.